The van der Waals surface area contributed by atoms with Crippen molar-refractivity contribution in [3.05, 3.63) is 35.9 Å². The van der Waals surface area contributed by atoms with Gasteiger partial charge in [-0.3, -0.25) is 0 Å². The van der Waals surface area contributed by atoms with Gasteiger partial charge >= 0.3 is 12.1 Å². The summed E-state index contributed by atoms with van der Waals surface area (Å²) < 4.78 is 9.96. The van der Waals surface area contributed by atoms with Gasteiger partial charge in [0.2, 0.25) is 0 Å². The number of alkyl carbamates (subject to hydrolysis) is 1. The van der Waals surface area contributed by atoms with Crippen LogP contribution in [0.4, 0.5) is 4.79 Å². The van der Waals surface area contributed by atoms with Crippen molar-refractivity contribution in [2.24, 2.45) is 0 Å². The second-order valence-corrected chi connectivity index (χ2v) is 5.49. The number of aliphatic hydroxyl groups excluding tert-OH is 1. The van der Waals surface area contributed by atoms with Crippen LogP contribution in [0.3, 0.4) is 0 Å². The number of esters is 1. The van der Waals surface area contributed by atoms with Gasteiger partial charge in [0.05, 0.1) is 13.2 Å². The minimum absolute atomic E-state index is 0.131. The van der Waals surface area contributed by atoms with Crippen molar-refractivity contribution < 1.29 is 24.2 Å². The lowest BCUT2D eigenvalue weighted by atomic mass is 9.80. The molecule has 1 aromatic carbocycles. The number of aliphatic hydroxyl groups is 1. The lowest BCUT2D eigenvalue weighted by Gasteiger charge is -2.36. The average molecular weight is 307 g/mol. The molecule has 1 aliphatic rings. The monoisotopic (exact) mass is 307 g/mol. The molecule has 0 aliphatic heterocycles. The van der Waals surface area contributed by atoms with E-state index in [-0.39, 0.29) is 6.61 Å². The topological polar surface area (TPSA) is 84.9 Å². The van der Waals surface area contributed by atoms with Gasteiger partial charge < -0.3 is 19.9 Å². The number of carbonyl (C=O) groups excluding carboxylic acids is 2. The van der Waals surface area contributed by atoms with Gasteiger partial charge in [0.1, 0.15) is 12.1 Å². The molecular formula is C16H21NO5. The molecule has 6 heteroatoms. The van der Waals surface area contributed by atoms with E-state index in [1.807, 2.05) is 30.3 Å². The Hall–Kier alpha value is -2.08. The highest BCUT2D eigenvalue weighted by atomic mass is 16.6. The Kier molecular flexibility index (Phi) is 5.38. The number of amides is 1. The molecule has 0 heterocycles. The maximum atomic E-state index is 12.0. The molecular weight excluding hydrogens is 286 g/mol. The molecule has 0 unspecified atom stereocenters. The van der Waals surface area contributed by atoms with E-state index in [0.29, 0.717) is 25.7 Å². The summed E-state index contributed by atoms with van der Waals surface area (Å²) in [5.41, 5.74) is -0.245. The first-order chi connectivity index (χ1) is 10.6. The summed E-state index contributed by atoms with van der Waals surface area (Å²) >= 11 is 0. The molecule has 2 N–H and O–H groups in total. The van der Waals surface area contributed by atoms with Crippen LogP contribution in [0.1, 0.15) is 31.2 Å². The van der Waals surface area contributed by atoms with Gasteiger partial charge in [-0.05, 0) is 31.2 Å². The summed E-state index contributed by atoms with van der Waals surface area (Å²) in [4.78, 5) is 24.0. The smallest absolute Gasteiger partial charge is 0.408 e. The third-order valence-electron chi connectivity index (χ3n) is 3.94. The number of hydrogen-bond donors (Lipinski definition) is 2. The molecule has 1 aromatic rings. The molecule has 0 radical (unpaired) electrons. The Balaban J connectivity index is 1.95. The third-order valence-corrected chi connectivity index (χ3v) is 3.94. The number of nitrogens with one attached hydrogen (secondary N) is 1. The van der Waals surface area contributed by atoms with E-state index >= 15 is 0 Å². The minimum atomic E-state index is -1.11. The van der Waals surface area contributed by atoms with E-state index in [1.54, 1.807) is 0 Å². The number of ether oxygens (including phenoxy) is 2. The number of benzene rings is 1. The fourth-order valence-electron chi connectivity index (χ4n) is 2.63. The third kappa shape index (κ3) is 3.98. The Morgan fingerprint density at radius 3 is 2.50 bits per heavy atom. The van der Waals surface area contributed by atoms with Crippen molar-refractivity contribution in [1.29, 1.82) is 0 Å². The van der Waals surface area contributed by atoms with Gasteiger partial charge in [0.25, 0.3) is 0 Å². The summed E-state index contributed by atoms with van der Waals surface area (Å²) in [6.45, 7) is 0.131. The highest BCUT2D eigenvalue weighted by Gasteiger charge is 2.44. The lowest BCUT2D eigenvalue weighted by molar-refractivity contribution is -0.150. The van der Waals surface area contributed by atoms with Crippen molar-refractivity contribution in [2.45, 2.75) is 43.9 Å². The van der Waals surface area contributed by atoms with E-state index in [1.165, 1.54) is 7.11 Å². The van der Waals surface area contributed by atoms with E-state index in [4.69, 9.17) is 9.47 Å². The fraction of sp³-hybridized carbons (Fsp3) is 0.500. The van der Waals surface area contributed by atoms with Crippen molar-refractivity contribution in [2.75, 3.05) is 7.11 Å². The predicted octanol–water partition coefficient (Wildman–Crippen LogP) is 1.76. The molecule has 0 saturated heterocycles. The number of hydrogen-bond acceptors (Lipinski definition) is 5. The SMILES string of the molecule is COC(=O)C1(NC(=O)OCc2ccccc2)CCC(O)CC1. The van der Waals surface area contributed by atoms with Gasteiger partial charge in [0, 0.05) is 0 Å². The highest BCUT2D eigenvalue weighted by Crippen LogP contribution is 2.29. The zero-order chi connectivity index (χ0) is 16.0. The first-order valence-electron chi connectivity index (χ1n) is 7.31. The maximum Gasteiger partial charge on any atom is 0.408 e. The molecule has 0 atom stereocenters. The van der Waals surface area contributed by atoms with Crippen LogP contribution >= 0.6 is 0 Å². The molecule has 6 nitrogen and oxygen atoms in total. The predicted molar refractivity (Wildman–Crippen MR) is 79.0 cm³/mol. The summed E-state index contributed by atoms with van der Waals surface area (Å²) in [5, 5.41) is 12.2. The van der Waals surface area contributed by atoms with E-state index in [0.717, 1.165) is 5.56 Å². The molecule has 0 spiro atoms. The van der Waals surface area contributed by atoms with Crippen molar-refractivity contribution in [3.63, 3.8) is 0 Å². The number of rotatable bonds is 4. The second kappa shape index (κ2) is 7.26. The van der Waals surface area contributed by atoms with E-state index in [9.17, 15) is 14.7 Å². The van der Waals surface area contributed by atoms with E-state index < -0.39 is 23.7 Å². The van der Waals surface area contributed by atoms with Crippen LogP contribution in [0.15, 0.2) is 30.3 Å². The molecule has 0 aromatic heterocycles. The zero-order valence-corrected chi connectivity index (χ0v) is 12.6. The van der Waals surface area contributed by atoms with Gasteiger partial charge in [0.15, 0.2) is 0 Å². The lowest BCUT2D eigenvalue weighted by Crippen LogP contribution is -2.57. The molecule has 120 valence electrons. The number of methoxy groups -OCH3 is 1. The quantitative estimate of drug-likeness (QED) is 0.828. The van der Waals surface area contributed by atoms with Crippen LogP contribution in [-0.4, -0.2) is 35.9 Å². The van der Waals surface area contributed by atoms with Crippen LogP contribution in [0.25, 0.3) is 0 Å². The first kappa shape index (κ1) is 16.3. The summed E-state index contributed by atoms with van der Waals surface area (Å²) in [6, 6.07) is 9.29. The standard InChI is InChI=1S/C16H21NO5/c1-21-14(19)16(9-7-13(18)8-10-16)17-15(20)22-11-12-5-3-2-4-6-12/h2-6,13,18H,7-11H2,1H3,(H,17,20). The zero-order valence-electron chi connectivity index (χ0n) is 12.6. The molecule has 1 aliphatic carbocycles. The normalized spacial score (nSPS) is 24.4. The molecule has 1 amide bonds. The highest BCUT2D eigenvalue weighted by molar-refractivity contribution is 5.85. The van der Waals surface area contributed by atoms with Crippen molar-refractivity contribution in [1.82, 2.24) is 5.32 Å². The average Bonchev–Trinajstić information content (AvgIpc) is 2.55. The van der Waals surface area contributed by atoms with E-state index in [2.05, 4.69) is 5.32 Å². The van der Waals surface area contributed by atoms with Crippen molar-refractivity contribution >= 4 is 12.1 Å². The Morgan fingerprint density at radius 2 is 1.91 bits per heavy atom. The molecule has 0 bridgehead atoms. The van der Waals surface area contributed by atoms with Gasteiger partial charge in [-0.2, -0.15) is 0 Å². The van der Waals surface area contributed by atoms with Gasteiger partial charge in [-0.15, -0.1) is 0 Å². The van der Waals surface area contributed by atoms with Gasteiger partial charge in [-0.1, -0.05) is 30.3 Å². The second-order valence-electron chi connectivity index (χ2n) is 5.49. The molecule has 1 fully saturated rings. The molecule has 2 rings (SSSR count). The largest absolute Gasteiger partial charge is 0.467 e. The summed E-state index contributed by atoms with van der Waals surface area (Å²) in [7, 11) is 1.28. The minimum Gasteiger partial charge on any atom is -0.467 e. The number of carbonyl (C=O) groups is 2. The fourth-order valence-corrected chi connectivity index (χ4v) is 2.63. The Bertz CT molecular complexity index is 509. The first-order valence-corrected chi connectivity index (χ1v) is 7.31. The Labute approximate surface area is 129 Å². The Morgan fingerprint density at radius 1 is 1.27 bits per heavy atom. The van der Waals surface area contributed by atoms with Crippen molar-refractivity contribution in [3.8, 4) is 0 Å². The van der Waals surface area contributed by atoms with Crippen LogP contribution in [0.2, 0.25) is 0 Å². The van der Waals surface area contributed by atoms with Crippen LogP contribution in [0.5, 0.6) is 0 Å². The molecule has 22 heavy (non-hydrogen) atoms. The summed E-state index contributed by atoms with van der Waals surface area (Å²) in [6.07, 6.45) is 0.440. The van der Waals surface area contributed by atoms with Crippen LogP contribution in [-0.2, 0) is 20.9 Å². The molecule has 1 saturated carbocycles. The van der Waals surface area contributed by atoms with Crippen LogP contribution < -0.4 is 5.32 Å². The maximum absolute atomic E-state index is 12.0. The summed E-state index contributed by atoms with van der Waals surface area (Å²) in [5.74, 6) is -0.504. The van der Waals surface area contributed by atoms with Gasteiger partial charge in [-0.25, -0.2) is 9.59 Å². The van der Waals surface area contributed by atoms with Crippen LogP contribution in [0, 0.1) is 0 Å².